The van der Waals surface area contributed by atoms with E-state index >= 15 is 0 Å². The van der Waals surface area contributed by atoms with E-state index in [9.17, 15) is 8.42 Å². The molecule has 0 heterocycles. The van der Waals surface area contributed by atoms with Gasteiger partial charge in [0.05, 0.1) is 22.1 Å². The standard InChI is InChI=1S/C14H17NO2S/c1-10-6-7-13(8-11(10)2)18(16,17)14-5-3-4-12(14)9-15/h6-8,12,14H,3-5H2,1-2H3. The van der Waals surface area contributed by atoms with Crippen LogP contribution in [0.5, 0.6) is 0 Å². The van der Waals surface area contributed by atoms with Crippen LogP contribution in [-0.4, -0.2) is 13.7 Å². The Labute approximate surface area is 108 Å². The van der Waals surface area contributed by atoms with Crippen LogP contribution >= 0.6 is 0 Å². The lowest BCUT2D eigenvalue weighted by Crippen LogP contribution is -2.24. The van der Waals surface area contributed by atoms with Crippen molar-refractivity contribution in [3.05, 3.63) is 29.3 Å². The summed E-state index contributed by atoms with van der Waals surface area (Å²) in [6.45, 7) is 3.87. The van der Waals surface area contributed by atoms with E-state index in [1.807, 2.05) is 19.9 Å². The van der Waals surface area contributed by atoms with Crippen LogP contribution in [0.2, 0.25) is 0 Å². The first-order valence-corrected chi connectivity index (χ1v) is 7.72. The molecule has 1 aliphatic rings. The van der Waals surface area contributed by atoms with Crippen molar-refractivity contribution in [3.63, 3.8) is 0 Å². The molecule has 0 aliphatic heterocycles. The Bertz CT molecular complexity index is 599. The van der Waals surface area contributed by atoms with E-state index < -0.39 is 15.1 Å². The van der Waals surface area contributed by atoms with Gasteiger partial charge in [0.2, 0.25) is 0 Å². The molecule has 96 valence electrons. The molecule has 18 heavy (non-hydrogen) atoms. The van der Waals surface area contributed by atoms with E-state index in [-0.39, 0.29) is 5.92 Å². The molecular formula is C14H17NO2S. The van der Waals surface area contributed by atoms with Gasteiger partial charge in [0.1, 0.15) is 0 Å². The molecule has 1 fully saturated rings. The summed E-state index contributed by atoms with van der Waals surface area (Å²) in [6, 6.07) is 7.35. The van der Waals surface area contributed by atoms with Gasteiger partial charge in [-0.15, -0.1) is 0 Å². The summed E-state index contributed by atoms with van der Waals surface area (Å²) < 4.78 is 25.0. The zero-order valence-electron chi connectivity index (χ0n) is 10.7. The first-order valence-electron chi connectivity index (χ1n) is 6.17. The van der Waals surface area contributed by atoms with E-state index in [0.29, 0.717) is 17.7 Å². The molecule has 0 aromatic heterocycles. The average molecular weight is 263 g/mol. The van der Waals surface area contributed by atoms with Crippen LogP contribution in [0.4, 0.5) is 0 Å². The molecule has 0 bridgehead atoms. The van der Waals surface area contributed by atoms with E-state index in [1.54, 1.807) is 12.1 Å². The Morgan fingerprint density at radius 3 is 2.56 bits per heavy atom. The second-order valence-electron chi connectivity index (χ2n) is 5.00. The molecule has 2 unspecified atom stereocenters. The van der Waals surface area contributed by atoms with Gasteiger partial charge >= 0.3 is 0 Å². The summed E-state index contributed by atoms with van der Waals surface area (Å²) in [6.07, 6.45) is 2.13. The second-order valence-corrected chi connectivity index (χ2v) is 7.16. The summed E-state index contributed by atoms with van der Waals surface area (Å²) in [5.41, 5.74) is 2.06. The second kappa shape index (κ2) is 4.74. The van der Waals surface area contributed by atoms with Crippen LogP contribution in [0, 0.1) is 31.1 Å². The van der Waals surface area contributed by atoms with Crippen molar-refractivity contribution in [2.45, 2.75) is 43.3 Å². The zero-order chi connectivity index (χ0) is 13.3. The molecule has 1 saturated carbocycles. The number of hydrogen-bond donors (Lipinski definition) is 0. The van der Waals surface area contributed by atoms with Crippen molar-refractivity contribution in [1.29, 1.82) is 5.26 Å². The number of benzene rings is 1. The summed E-state index contributed by atoms with van der Waals surface area (Å²) in [4.78, 5) is 0.359. The fourth-order valence-corrected chi connectivity index (χ4v) is 4.57. The van der Waals surface area contributed by atoms with Crippen LogP contribution < -0.4 is 0 Å². The maximum absolute atomic E-state index is 12.5. The van der Waals surface area contributed by atoms with Gasteiger partial charge in [-0.25, -0.2) is 8.42 Å². The van der Waals surface area contributed by atoms with Gasteiger partial charge in [-0.1, -0.05) is 12.5 Å². The molecule has 4 heteroatoms. The Morgan fingerprint density at radius 1 is 1.22 bits per heavy atom. The molecular weight excluding hydrogens is 246 g/mol. The number of nitriles is 1. The monoisotopic (exact) mass is 263 g/mol. The number of hydrogen-bond acceptors (Lipinski definition) is 3. The Kier molecular flexibility index (Phi) is 3.45. The fraction of sp³-hybridized carbons (Fsp3) is 0.500. The van der Waals surface area contributed by atoms with Gasteiger partial charge in [0, 0.05) is 0 Å². The first-order chi connectivity index (χ1) is 8.46. The average Bonchev–Trinajstić information content (AvgIpc) is 2.81. The highest BCUT2D eigenvalue weighted by Gasteiger charge is 2.38. The topological polar surface area (TPSA) is 57.9 Å². The molecule has 3 nitrogen and oxygen atoms in total. The van der Waals surface area contributed by atoms with E-state index in [0.717, 1.165) is 17.5 Å². The van der Waals surface area contributed by atoms with Crippen LogP contribution in [0.1, 0.15) is 30.4 Å². The number of rotatable bonds is 2. The lowest BCUT2D eigenvalue weighted by Gasteiger charge is -2.15. The van der Waals surface area contributed by atoms with Crippen LogP contribution in [-0.2, 0) is 9.84 Å². The summed E-state index contributed by atoms with van der Waals surface area (Å²) >= 11 is 0. The van der Waals surface area contributed by atoms with Crippen molar-refractivity contribution in [1.82, 2.24) is 0 Å². The minimum Gasteiger partial charge on any atom is -0.223 e. The Hall–Kier alpha value is -1.34. The molecule has 0 saturated heterocycles. The van der Waals surface area contributed by atoms with Gasteiger partial charge in [-0.2, -0.15) is 5.26 Å². The molecule has 1 aromatic rings. The summed E-state index contributed by atoms with van der Waals surface area (Å²) in [5.74, 6) is -0.350. The van der Waals surface area contributed by atoms with Gasteiger partial charge < -0.3 is 0 Å². The zero-order valence-corrected chi connectivity index (χ0v) is 11.5. The largest absolute Gasteiger partial charge is 0.223 e. The SMILES string of the molecule is Cc1ccc(S(=O)(=O)C2CCCC2C#N)cc1C. The third-order valence-corrected chi connectivity index (χ3v) is 6.10. The van der Waals surface area contributed by atoms with E-state index in [2.05, 4.69) is 6.07 Å². The highest BCUT2D eigenvalue weighted by atomic mass is 32.2. The predicted molar refractivity (Wildman–Crippen MR) is 69.8 cm³/mol. The molecule has 0 N–H and O–H groups in total. The highest BCUT2D eigenvalue weighted by molar-refractivity contribution is 7.92. The lowest BCUT2D eigenvalue weighted by atomic mass is 10.1. The number of nitrogens with zero attached hydrogens (tertiary/aromatic N) is 1. The molecule has 0 spiro atoms. The van der Waals surface area contributed by atoms with Gasteiger partial charge in [-0.05, 0) is 49.9 Å². The maximum atomic E-state index is 12.5. The number of sulfone groups is 1. The van der Waals surface area contributed by atoms with E-state index in [4.69, 9.17) is 5.26 Å². The van der Waals surface area contributed by atoms with Gasteiger partial charge in [-0.3, -0.25) is 0 Å². The molecule has 0 amide bonds. The van der Waals surface area contributed by atoms with Crippen molar-refractivity contribution >= 4 is 9.84 Å². The normalized spacial score (nSPS) is 23.8. The van der Waals surface area contributed by atoms with E-state index in [1.165, 1.54) is 0 Å². The van der Waals surface area contributed by atoms with Crippen molar-refractivity contribution in [2.75, 3.05) is 0 Å². The molecule has 0 radical (unpaired) electrons. The predicted octanol–water partition coefficient (Wildman–Crippen LogP) is 2.77. The van der Waals surface area contributed by atoms with Crippen molar-refractivity contribution < 1.29 is 8.42 Å². The summed E-state index contributed by atoms with van der Waals surface area (Å²) in [5, 5.41) is 8.51. The van der Waals surface area contributed by atoms with Crippen LogP contribution in [0.25, 0.3) is 0 Å². The van der Waals surface area contributed by atoms with Crippen molar-refractivity contribution in [2.24, 2.45) is 5.92 Å². The smallest absolute Gasteiger partial charge is 0.182 e. The quantitative estimate of drug-likeness (QED) is 0.824. The third-order valence-electron chi connectivity index (χ3n) is 3.82. The maximum Gasteiger partial charge on any atom is 0.182 e. The third kappa shape index (κ3) is 2.15. The van der Waals surface area contributed by atoms with Crippen molar-refractivity contribution in [3.8, 4) is 6.07 Å². The van der Waals surface area contributed by atoms with Gasteiger partial charge in [0.15, 0.2) is 9.84 Å². The summed E-state index contributed by atoms with van der Waals surface area (Å²) in [7, 11) is -3.36. The molecule has 2 atom stereocenters. The van der Waals surface area contributed by atoms with Crippen LogP contribution in [0.15, 0.2) is 23.1 Å². The minimum atomic E-state index is -3.36. The van der Waals surface area contributed by atoms with Gasteiger partial charge in [0.25, 0.3) is 0 Å². The van der Waals surface area contributed by atoms with Crippen LogP contribution in [0.3, 0.4) is 0 Å². The molecule has 1 aliphatic carbocycles. The highest BCUT2D eigenvalue weighted by Crippen LogP contribution is 2.34. The number of aryl methyl sites for hydroxylation is 2. The minimum absolute atomic E-state index is 0.350. The first kappa shape index (κ1) is 13.1. The molecule has 1 aromatic carbocycles. The lowest BCUT2D eigenvalue weighted by molar-refractivity contribution is 0.565. The Morgan fingerprint density at radius 2 is 1.94 bits per heavy atom. The molecule has 2 rings (SSSR count). The Balaban J connectivity index is 2.42. The fourth-order valence-electron chi connectivity index (χ4n) is 2.51.